The normalized spacial score (nSPS) is 11.1. The molecular formula is C20H27F2IN4O. The fraction of sp³-hybridized carbons (Fsp3) is 0.400. The summed E-state index contributed by atoms with van der Waals surface area (Å²) in [5.74, 6) is 0.960. The summed E-state index contributed by atoms with van der Waals surface area (Å²) >= 11 is 0. The van der Waals surface area contributed by atoms with Gasteiger partial charge in [-0.25, -0.2) is 0 Å². The Bertz CT molecular complexity index is 741. The number of nitrogens with one attached hydrogen (secondary N) is 1. The van der Waals surface area contributed by atoms with Gasteiger partial charge in [0.1, 0.15) is 5.75 Å². The molecule has 1 N–H and O–H groups in total. The highest BCUT2D eigenvalue weighted by Gasteiger charge is 2.08. The van der Waals surface area contributed by atoms with E-state index in [4.69, 9.17) is 4.99 Å². The van der Waals surface area contributed by atoms with Crippen molar-refractivity contribution in [3.8, 4) is 5.75 Å². The second-order valence-electron chi connectivity index (χ2n) is 6.17. The minimum Gasteiger partial charge on any atom is -0.435 e. The molecule has 0 aliphatic rings. The lowest BCUT2D eigenvalue weighted by atomic mass is 10.1. The lowest BCUT2D eigenvalue weighted by molar-refractivity contribution is -0.0498. The minimum atomic E-state index is -2.81. The first kappa shape index (κ1) is 24.1. The zero-order valence-electron chi connectivity index (χ0n) is 16.4. The van der Waals surface area contributed by atoms with E-state index in [1.165, 1.54) is 5.56 Å². The fourth-order valence-electron chi connectivity index (χ4n) is 2.66. The molecule has 1 aromatic carbocycles. The van der Waals surface area contributed by atoms with Gasteiger partial charge in [-0.05, 0) is 55.2 Å². The summed E-state index contributed by atoms with van der Waals surface area (Å²) in [6.45, 7) is 3.29. The summed E-state index contributed by atoms with van der Waals surface area (Å²) in [5.41, 5.74) is 3.38. The number of rotatable bonds is 8. The molecule has 0 saturated heterocycles. The Hall–Kier alpha value is -1.97. The predicted molar refractivity (Wildman–Crippen MR) is 119 cm³/mol. The topological polar surface area (TPSA) is 49.8 Å². The molecule has 2 aromatic rings. The molecule has 1 aromatic heterocycles. The van der Waals surface area contributed by atoms with E-state index in [1.54, 1.807) is 30.5 Å². The Morgan fingerprint density at radius 3 is 2.57 bits per heavy atom. The molecule has 0 aliphatic heterocycles. The molecule has 0 aliphatic carbocycles. The van der Waals surface area contributed by atoms with Gasteiger partial charge in [-0.15, -0.1) is 24.0 Å². The summed E-state index contributed by atoms with van der Waals surface area (Å²) in [6.07, 6.45) is 4.50. The second-order valence-corrected chi connectivity index (χ2v) is 6.17. The van der Waals surface area contributed by atoms with E-state index in [9.17, 15) is 8.78 Å². The molecule has 0 radical (unpaired) electrons. The smallest absolute Gasteiger partial charge is 0.387 e. The lowest BCUT2D eigenvalue weighted by Gasteiger charge is -2.22. The number of benzene rings is 1. The van der Waals surface area contributed by atoms with Crippen LogP contribution in [-0.4, -0.2) is 42.6 Å². The standard InChI is InChI=1S/C20H26F2N4O.HI/c1-4-24-20(25-12-10-17-9-11-23-13-15(17)2)26(3)14-16-5-7-18(8-6-16)27-19(21)22;/h5-9,11,13,19H,4,10,12,14H2,1-3H3,(H,24,25);1H. The number of pyridine rings is 1. The molecule has 0 spiro atoms. The molecule has 0 amide bonds. The number of aromatic nitrogens is 1. The van der Waals surface area contributed by atoms with E-state index in [0.717, 1.165) is 30.1 Å². The van der Waals surface area contributed by atoms with Crippen LogP contribution in [0.1, 0.15) is 23.6 Å². The van der Waals surface area contributed by atoms with Gasteiger partial charge in [-0.3, -0.25) is 9.98 Å². The molecule has 1 heterocycles. The summed E-state index contributed by atoms with van der Waals surface area (Å²) in [5, 5.41) is 3.28. The molecule has 8 heteroatoms. The molecule has 0 fully saturated rings. The second kappa shape index (κ2) is 12.5. The third-order valence-corrected chi connectivity index (χ3v) is 4.04. The number of aryl methyl sites for hydroxylation is 1. The van der Waals surface area contributed by atoms with Crippen molar-refractivity contribution in [3.63, 3.8) is 0 Å². The number of ether oxygens (including phenoxy) is 1. The van der Waals surface area contributed by atoms with Gasteiger partial charge in [0.05, 0.1) is 0 Å². The van der Waals surface area contributed by atoms with Crippen molar-refractivity contribution in [2.45, 2.75) is 33.4 Å². The van der Waals surface area contributed by atoms with Gasteiger partial charge in [0, 0.05) is 39.1 Å². The monoisotopic (exact) mass is 504 g/mol. The van der Waals surface area contributed by atoms with Gasteiger partial charge >= 0.3 is 6.61 Å². The number of hydrogen-bond donors (Lipinski definition) is 1. The molecule has 0 unspecified atom stereocenters. The molecule has 2 rings (SSSR count). The zero-order valence-corrected chi connectivity index (χ0v) is 18.7. The maximum absolute atomic E-state index is 12.2. The SMILES string of the molecule is CCNC(=NCCc1ccncc1C)N(C)Cc1ccc(OC(F)F)cc1.I. The fourth-order valence-corrected chi connectivity index (χ4v) is 2.66. The molecular weight excluding hydrogens is 477 g/mol. The number of nitrogens with zero attached hydrogens (tertiary/aromatic N) is 3. The lowest BCUT2D eigenvalue weighted by Crippen LogP contribution is -2.38. The number of halogens is 3. The molecule has 154 valence electrons. The van der Waals surface area contributed by atoms with E-state index in [-0.39, 0.29) is 29.7 Å². The molecule has 5 nitrogen and oxygen atoms in total. The highest BCUT2D eigenvalue weighted by Crippen LogP contribution is 2.15. The van der Waals surface area contributed by atoms with Crippen LogP contribution in [0.15, 0.2) is 47.7 Å². The van der Waals surface area contributed by atoms with Crippen molar-refractivity contribution < 1.29 is 13.5 Å². The van der Waals surface area contributed by atoms with Crippen molar-refractivity contribution in [1.82, 2.24) is 15.2 Å². The van der Waals surface area contributed by atoms with Gasteiger partial charge in [-0.2, -0.15) is 8.78 Å². The Morgan fingerprint density at radius 1 is 1.25 bits per heavy atom. The summed E-state index contributed by atoms with van der Waals surface area (Å²) in [7, 11) is 1.95. The van der Waals surface area contributed by atoms with Gasteiger partial charge in [0.15, 0.2) is 5.96 Å². The van der Waals surface area contributed by atoms with E-state index in [0.29, 0.717) is 13.1 Å². The zero-order chi connectivity index (χ0) is 19.6. The Kier molecular flexibility index (Phi) is 10.7. The Labute approximate surface area is 182 Å². The molecule has 0 atom stereocenters. The maximum atomic E-state index is 12.2. The minimum absolute atomic E-state index is 0. The first-order valence-electron chi connectivity index (χ1n) is 8.92. The van der Waals surface area contributed by atoms with Crippen molar-refractivity contribution in [1.29, 1.82) is 0 Å². The van der Waals surface area contributed by atoms with Crippen LogP contribution in [0, 0.1) is 6.92 Å². The Morgan fingerprint density at radius 2 is 1.96 bits per heavy atom. The van der Waals surface area contributed by atoms with Crippen LogP contribution in [0.5, 0.6) is 5.75 Å². The predicted octanol–water partition coefficient (Wildman–Crippen LogP) is 4.25. The Balaban J connectivity index is 0.00000392. The van der Waals surface area contributed by atoms with E-state index in [2.05, 4.69) is 15.0 Å². The van der Waals surface area contributed by atoms with Gasteiger partial charge in [-0.1, -0.05) is 12.1 Å². The summed E-state index contributed by atoms with van der Waals surface area (Å²) < 4.78 is 28.8. The van der Waals surface area contributed by atoms with Crippen LogP contribution >= 0.6 is 24.0 Å². The first-order valence-corrected chi connectivity index (χ1v) is 8.92. The third-order valence-electron chi connectivity index (χ3n) is 4.04. The summed E-state index contributed by atoms with van der Waals surface area (Å²) in [4.78, 5) is 10.8. The van der Waals surface area contributed by atoms with Gasteiger partial charge < -0.3 is 15.0 Å². The first-order chi connectivity index (χ1) is 13.0. The summed E-state index contributed by atoms with van der Waals surface area (Å²) in [6, 6.07) is 8.66. The third kappa shape index (κ3) is 7.95. The molecule has 0 bridgehead atoms. The average molecular weight is 504 g/mol. The molecule has 0 saturated carbocycles. The van der Waals surface area contributed by atoms with E-state index >= 15 is 0 Å². The van der Waals surface area contributed by atoms with E-state index < -0.39 is 6.61 Å². The average Bonchev–Trinajstić information content (AvgIpc) is 2.63. The van der Waals surface area contributed by atoms with Crippen molar-refractivity contribution in [2.24, 2.45) is 4.99 Å². The maximum Gasteiger partial charge on any atom is 0.387 e. The van der Waals surface area contributed by atoms with Crippen LogP contribution in [0.3, 0.4) is 0 Å². The van der Waals surface area contributed by atoms with Crippen LogP contribution in [-0.2, 0) is 13.0 Å². The molecule has 28 heavy (non-hydrogen) atoms. The van der Waals surface area contributed by atoms with Crippen LogP contribution in [0.2, 0.25) is 0 Å². The van der Waals surface area contributed by atoms with Gasteiger partial charge in [0.25, 0.3) is 0 Å². The number of hydrogen-bond acceptors (Lipinski definition) is 3. The quantitative estimate of drug-likeness (QED) is 0.332. The van der Waals surface area contributed by atoms with Crippen LogP contribution in [0.25, 0.3) is 0 Å². The van der Waals surface area contributed by atoms with Crippen LogP contribution < -0.4 is 10.1 Å². The largest absolute Gasteiger partial charge is 0.435 e. The van der Waals surface area contributed by atoms with Crippen LogP contribution in [0.4, 0.5) is 8.78 Å². The van der Waals surface area contributed by atoms with Gasteiger partial charge in [0.2, 0.25) is 0 Å². The van der Waals surface area contributed by atoms with E-state index in [1.807, 2.05) is 38.1 Å². The number of guanidine groups is 1. The van der Waals surface area contributed by atoms with Crippen molar-refractivity contribution in [2.75, 3.05) is 20.1 Å². The van der Waals surface area contributed by atoms with Crippen molar-refractivity contribution in [3.05, 3.63) is 59.4 Å². The highest BCUT2D eigenvalue weighted by molar-refractivity contribution is 14.0. The highest BCUT2D eigenvalue weighted by atomic mass is 127. The van der Waals surface area contributed by atoms with Crippen molar-refractivity contribution >= 4 is 29.9 Å². The number of alkyl halides is 2. The number of aliphatic imine (C=N–C) groups is 1.